The van der Waals surface area contributed by atoms with E-state index >= 15 is 0 Å². The van der Waals surface area contributed by atoms with Crippen molar-refractivity contribution in [3.8, 4) is 17.7 Å². The lowest BCUT2D eigenvalue weighted by Crippen LogP contribution is -2.02. The molecule has 6 nitrogen and oxygen atoms in total. The first-order valence-corrected chi connectivity index (χ1v) is 6.19. The summed E-state index contributed by atoms with van der Waals surface area (Å²) >= 11 is 0. The highest BCUT2D eigenvalue weighted by molar-refractivity contribution is 5.89. The predicted molar refractivity (Wildman–Crippen MR) is 74.4 cm³/mol. The van der Waals surface area contributed by atoms with E-state index in [0.29, 0.717) is 28.1 Å². The van der Waals surface area contributed by atoms with Gasteiger partial charge in [0.25, 0.3) is 5.88 Å². The Kier molecular flexibility index (Phi) is 3.85. The van der Waals surface area contributed by atoms with Crippen LogP contribution in [-0.2, 0) is 0 Å². The number of hydrogen-bond donors (Lipinski definition) is 1. The van der Waals surface area contributed by atoms with E-state index in [9.17, 15) is 10.1 Å². The Morgan fingerprint density at radius 1 is 1.29 bits per heavy atom. The topological polar surface area (TPSA) is 96.1 Å². The smallest absolute Gasteiger partial charge is 0.335 e. The zero-order chi connectivity index (χ0) is 15.6. The predicted octanol–water partition coefficient (Wildman–Crippen LogP) is 2.76. The molecular weight excluding hydrogens is 270 g/mol. The van der Waals surface area contributed by atoms with Crippen molar-refractivity contribution in [3.05, 3.63) is 46.1 Å². The van der Waals surface area contributed by atoms with Gasteiger partial charge in [0.2, 0.25) is 0 Å². The van der Waals surface area contributed by atoms with Crippen LogP contribution in [0.4, 0.5) is 0 Å². The summed E-state index contributed by atoms with van der Waals surface area (Å²) in [6.07, 6.45) is 0. The van der Waals surface area contributed by atoms with Gasteiger partial charge in [-0.3, -0.25) is 0 Å². The molecule has 0 fully saturated rings. The fourth-order valence-corrected chi connectivity index (χ4v) is 1.84. The van der Waals surface area contributed by atoms with Crippen molar-refractivity contribution < 1.29 is 14.6 Å². The molecule has 1 N–H and O–H groups in total. The summed E-state index contributed by atoms with van der Waals surface area (Å²) in [4.78, 5) is 11.0. The van der Waals surface area contributed by atoms with Crippen molar-refractivity contribution >= 4 is 5.97 Å². The Balaban J connectivity index is 2.40. The van der Waals surface area contributed by atoms with Crippen molar-refractivity contribution in [1.82, 2.24) is 10.2 Å². The molecule has 1 heterocycles. The molecule has 0 radical (unpaired) electrons. The normalized spacial score (nSPS) is 10.0. The van der Waals surface area contributed by atoms with Gasteiger partial charge in [-0.1, -0.05) is 0 Å². The zero-order valence-electron chi connectivity index (χ0n) is 11.8. The van der Waals surface area contributed by atoms with Crippen LogP contribution in [0, 0.1) is 32.1 Å². The lowest BCUT2D eigenvalue weighted by Gasteiger charge is -2.10. The third kappa shape index (κ3) is 2.82. The maximum atomic E-state index is 11.0. The molecule has 0 unspecified atom stereocenters. The van der Waals surface area contributed by atoms with Crippen LogP contribution in [0.25, 0.3) is 0 Å². The molecule has 0 bridgehead atoms. The van der Waals surface area contributed by atoms with Gasteiger partial charge in [-0.25, -0.2) is 4.79 Å². The highest BCUT2D eigenvalue weighted by atomic mass is 16.5. The standard InChI is InChI=1S/C15H13N3O3/c1-8-6-11(4-5-12(8)15(19)20)21-14-13(7-16)9(2)10(3)17-18-14/h4-6H,1-3H3,(H,19,20). The third-order valence-corrected chi connectivity index (χ3v) is 3.18. The number of carboxylic acids is 1. The van der Waals surface area contributed by atoms with Gasteiger partial charge in [0.15, 0.2) is 0 Å². The number of benzene rings is 1. The Morgan fingerprint density at radius 3 is 2.57 bits per heavy atom. The third-order valence-electron chi connectivity index (χ3n) is 3.18. The molecule has 2 rings (SSSR count). The number of aryl methyl sites for hydroxylation is 2. The second kappa shape index (κ2) is 5.59. The second-order valence-corrected chi connectivity index (χ2v) is 4.59. The Labute approximate surface area is 121 Å². The van der Waals surface area contributed by atoms with E-state index in [1.165, 1.54) is 12.1 Å². The molecule has 0 aliphatic heterocycles. The fourth-order valence-electron chi connectivity index (χ4n) is 1.84. The monoisotopic (exact) mass is 283 g/mol. The molecule has 0 saturated heterocycles. The number of nitriles is 1. The lowest BCUT2D eigenvalue weighted by molar-refractivity contribution is 0.0696. The van der Waals surface area contributed by atoms with E-state index in [2.05, 4.69) is 10.2 Å². The molecule has 6 heteroatoms. The molecule has 0 aliphatic carbocycles. The first kappa shape index (κ1) is 14.5. The van der Waals surface area contributed by atoms with Gasteiger partial charge in [0, 0.05) is 0 Å². The number of carboxylic acid groups (broad SMARTS) is 1. The number of aromatic nitrogens is 2. The minimum atomic E-state index is -0.997. The largest absolute Gasteiger partial charge is 0.478 e. The van der Waals surface area contributed by atoms with Gasteiger partial charge in [-0.15, -0.1) is 5.10 Å². The van der Waals surface area contributed by atoms with Crippen LogP contribution >= 0.6 is 0 Å². The maximum absolute atomic E-state index is 11.0. The average Bonchev–Trinajstić information content (AvgIpc) is 2.43. The van der Waals surface area contributed by atoms with Crippen LogP contribution in [-0.4, -0.2) is 21.3 Å². The summed E-state index contributed by atoms with van der Waals surface area (Å²) < 4.78 is 5.56. The number of carbonyl (C=O) groups is 1. The summed E-state index contributed by atoms with van der Waals surface area (Å²) in [6, 6.07) is 6.61. The molecule has 1 aromatic carbocycles. The van der Waals surface area contributed by atoms with E-state index in [1.54, 1.807) is 26.8 Å². The van der Waals surface area contributed by atoms with Crippen molar-refractivity contribution in [3.63, 3.8) is 0 Å². The minimum absolute atomic E-state index is 0.114. The number of nitrogens with zero attached hydrogens (tertiary/aromatic N) is 3. The highest BCUT2D eigenvalue weighted by Crippen LogP contribution is 2.26. The average molecular weight is 283 g/mol. The maximum Gasteiger partial charge on any atom is 0.335 e. The van der Waals surface area contributed by atoms with Gasteiger partial charge in [-0.2, -0.15) is 10.4 Å². The van der Waals surface area contributed by atoms with Crippen LogP contribution in [0.5, 0.6) is 11.6 Å². The quantitative estimate of drug-likeness (QED) is 0.930. The summed E-state index contributed by atoms with van der Waals surface area (Å²) in [5, 5.41) is 26.0. The molecule has 0 amide bonds. The molecule has 0 spiro atoms. The van der Waals surface area contributed by atoms with E-state index < -0.39 is 5.97 Å². The van der Waals surface area contributed by atoms with Crippen molar-refractivity contribution in [2.75, 3.05) is 0 Å². The molecule has 0 saturated carbocycles. The molecule has 2 aromatic rings. The number of aromatic carboxylic acids is 1. The van der Waals surface area contributed by atoms with Crippen molar-refractivity contribution in [2.45, 2.75) is 20.8 Å². The zero-order valence-corrected chi connectivity index (χ0v) is 11.8. The highest BCUT2D eigenvalue weighted by Gasteiger charge is 2.14. The van der Waals surface area contributed by atoms with Gasteiger partial charge >= 0.3 is 5.97 Å². The van der Waals surface area contributed by atoms with Gasteiger partial charge in [0.1, 0.15) is 17.4 Å². The molecule has 21 heavy (non-hydrogen) atoms. The first-order chi connectivity index (χ1) is 9.93. The van der Waals surface area contributed by atoms with Crippen LogP contribution in [0.15, 0.2) is 18.2 Å². The van der Waals surface area contributed by atoms with E-state index in [-0.39, 0.29) is 11.4 Å². The number of hydrogen-bond acceptors (Lipinski definition) is 5. The van der Waals surface area contributed by atoms with Crippen LogP contribution < -0.4 is 4.74 Å². The summed E-state index contributed by atoms with van der Waals surface area (Å²) in [5.41, 5.74) is 2.46. The molecular formula is C15H13N3O3. The summed E-state index contributed by atoms with van der Waals surface area (Å²) in [7, 11) is 0. The van der Waals surface area contributed by atoms with E-state index in [1.807, 2.05) is 6.07 Å². The lowest BCUT2D eigenvalue weighted by atomic mass is 10.1. The van der Waals surface area contributed by atoms with Crippen molar-refractivity contribution in [1.29, 1.82) is 5.26 Å². The van der Waals surface area contributed by atoms with Crippen molar-refractivity contribution in [2.24, 2.45) is 0 Å². The molecule has 0 atom stereocenters. The van der Waals surface area contributed by atoms with Crippen LogP contribution in [0.2, 0.25) is 0 Å². The Morgan fingerprint density at radius 2 is 2.00 bits per heavy atom. The SMILES string of the molecule is Cc1cc(Oc2nnc(C)c(C)c2C#N)ccc1C(=O)O. The second-order valence-electron chi connectivity index (χ2n) is 4.59. The fraction of sp³-hybridized carbons (Fsp3) is 0.200. The number of ether oxygens (including phenoxy) is 1. The Hall–Kier alpha value is -2.94. The van der Waals surface area contributed by atoms with Gasteiger partial charge < -0.3 is 9.84 Å². The van der Waals surface area contributed by atoms with Gasteiger partial charge in [0.05, 0.1) is 11.3 Å². The summed E-state index contributed by atoms with van der Waals surface area (Å²) in [6.45, 7) is 5.21. The van der Waals surface area contributed by atoms with E-state index in [0.717, 1.165) is 0 Å². The summed E-state index contributed by atoms with van der Waals surface area (Å²) in [5.74, 6) is -0.475. The first-order valence-electron chi connectivity index (χ1n) is 6.19. The molecule has 0 aliphatic rings. The van der Waals surface area contributed by atoms with Gasteiger partial charge in [-0.05, 0) is 50.1 Å². The Bertz CT molecular complexity index is 763. The molecule has 106 valence electrons. The minimum Gasteiger partial charge on any atom is -0.478 e. The molecule has 1 aromatic heterocycles. The van der Waals surface area contributed by atoms with E-state index in [4.69, 9.17) is 9.84 Å². The van der Waals surface area contributed by atoms with Crippen LogP contribution in [0.3, 0.4) is 0 Å². The van der Waals surface area contributed by atoms with Crippen LogP contribution in [0.1, 0.15) is 32.7 Å². The number of rotatable bonds is 3.